The fourth-order valence-corrected chi connectivity index (χ4v) is 6.38. The summed E-state index contributed by atoms with van der Waals surface area (Å²) < 4.78 is 4.48. The SMILES string of the molecule is c1ccc(-n2c(-c3ccc(-c4ccc5c(c4)nc(-c4ccc6ncccc6c4)n5-c4ccccc4)cc3)nc3ccccc32)cc1. The molecule has 9 aromatic rings. The molecule has 0 aliphatic heterocycles. The van der Waals surface area contributed by atoms with Crippen molar-refractivity contribution in [3.05, 3.63) is 164 Å². The Morgan fingerprint density at radius 3 is 1.72 bits per heavy atom. The molecule has 3 heterocycles. The van der Waals surface area contributed by atoms with Crippen molar-refractivity contribution in [1.29, 1.82) is 0 Å². The number of benzene rings is 6. The molecule has 6 aromatic carbocycles. The highest BCUT2D eigenvalue weighted by atomic mass is 15.1. The second-order valence-electron chi connectivity index (χ2n) is 11.4. The van der Waals surface area contributed by atoms with Crippen LogP contribution in [0.2, 0.25) is 0 Å². The van der Waals surface area contributed by atoms with E-state index in [0.29, 0.717) is 0 Å². The van der Waals surface area contributed by atoms with Crippen LogP contribution in [0.1, 0.15) is 0 Å². The number of hydrogen-bond acceptors (Lipinski definition) is 3. The first-order valence-electron chi connectivity index (χ1n) is 15.4. The van der Waals surface area contributed by atoms with Gasteiger partial charge in [-0.1, -0.05) is 84.9 Å². The molecule has 0 unspecified atom stereocenters. The van der Waals surface area contributed by atoms with E-state index in [-0.39, 0.29) is 0 Å². The van der Waals surface area contributed by atoms with E-state index < -0.39 is 0 Å². The molecule has 0 aliphatic carbocycles. The smallest absolute Gasteiger partial charge is 0.145 e. The van der Waals surface area contributed by atoms with Crippen molar-refractivity contribution in [3.63, 3.8) is 0 Å². The second kappa shape index (κ2) is 10.7. The van der Waals surface area contributed by atoms with Crippen LogP contribution in [0.5, 0.6) is 0 Å². The van der Waals surface area contributed by atoms with Crippen LogP contribution in [0.3, 0.4) is 0 Å². The lowest BCUT2D eigenvalue weighted by Gasteiger charge is -2.11. The molecule has 0 saturated carbocycles. The quantitative estimate of drug-likeness (QED) is 0.201. The third-order valence-electron chi connectivity index (χ3n) is 8.58. The summed E-state index contributed by atoms with van der Waals surface area (Å²) in [6.45, 7) is 0. The molecule has 46 heavy (non-hydrogen) atoms. The largest absolute Gasteiger partial charge is 0.292 e. The predicted molar refractivity (Wildman–Crippen MR) is 187 cm³/mol. The molecule has 0 N–H and O–H groups in total. The third-order valence-corrected chi connectivity index (χ3v) is 8.58. The van der Waals surface area contributed by atoms with Gasteiger partial charge in [0.2, 0.25) is 0 Å². The Bertz CT molecular complexity index is 2510. The van der Waals surface area contributed by atoms with Crippen molar-refractivity contribution in [2.75, 3.05) is 0 Å². The van der Waals surface area contributed by atoms with Gasteiger partial charge < -0.3 is 0 Å². The summed E-state index contributed by atoms with van der Waals surface area (Å²) in [6, 6.07) is 54.8. The fourth-order valence-electron chi connectivity index (χ4n) is 6.38. The topological polar surface area (TPSA) is 48.5 Å². The molecule has 0 spiro atoms. The van der Waals surface area contributed by atoms with Gasteiger partial charge in [-0.05, 0) is 83.9 Å². The van der Waals surface area contributed by atoms with Gasteiger partial charge in [0.25, 0.3) is 0 Å². The number of hydrogen-bond donors (Lipinski definition) is 0. The summed E-state index contributed by atoms with van der Waals surface area (Å²) in [5.74, 6) is 1.82. The standard InChI is InChI=1S/C41H27N5/c1-3-11-33(12-4-1)45-38-16-8-7-15-36(38)43-40(45)29-19-17-28(18-20-29)30-22-24-39-37(27-30)44-41(46(39)34-13-5-2-6-14-34)32-21-23-35-31(26-32)10-9-25-42-35/h1-27H. The Morgan fingerprint density at radius 1 is 0.370 bits per heavy atom. The van der Waals surface area contributed by atoms with Crippen molar-refractivity contribution in [2.24, 2.45) is 0 Å². The van der Waals surface area contributed by atoms with Crippen molar-refractivity contribution in [3.8, 4) is 45.3 Å². The molecule has 0 fully saturated rings. The van der Waals surface area contributed by atoms with E-state index >= 15 is 0 Å². The lowest BCUT2D eigenvalue weighted by molar-refractivity contribution is 1.10. The van der Waals surface area contributed by atoms with E-state index in [1.807, 2.05) is 30.5 Å². The Labute approximate surface area is 265 Å². The zero-order valence-electron chi connectivity index (χ0n) is 24.8. The Morgan fingerprint density at radius 2 is 0.957 bits per heavy atom. The van der Waals surface area contributed by atoms with Crippen LogP contribution in [-0.4, -0.2) is 24.1 Å². The molecule has 0 atom stereocenters. The maximum atomic E-state index is 5.22. The van der Waals surface area contributed by atoms with Gasteiger partial charge in [0.15, 0.2) is 0 Å². The minimum atomic E-state index is 0.902. The molecule has 0 radical (unpaired) electrons. The van der Waals surface area contributed by atoms with Crippen LogP contribution < -0.4 is 0 Å². The molecule has 0 bridgehead atoms. The van der Waals surface area contributed by atoms with Crippen LogP contribution in [0.15, 0.2) is 164 Å². The van der Waals surface area contributed by atoms with Gasteiger partial charge >= 0.3 is 0 Å². The lowest BCUT2D eigenvalue weighted by atomic mass is 10.0. The predicted octanol–water partition coefficient (Wildman–Crippen LogP) is 9.91. The van der Waals surface area contributed by atoms with Crippen LogP contribution in [-0.2, 0) is 0 Å². The second-order valence-corrected chi connectivity index (χ2v) is 11.4. The number of rotatable bonds is 5. The number of aromatic nitrogens is 5. The minimum Gasteiger partial charge on any atom is -0.292 e. The molecule has 216 valence electrons. The van der Waals surface area contributed by atoms with E-state index in [9.17, 15) is 0 Å². The molecule has 5 heteroatoms. The highest BCUT2D eigenvalue weighted by Gasteiger charge is 2.17. The van der Waals surface area contributed by atoms with E-state index in [2.05, 4.69) is 148 Å². The monoisotopic (exact) mass is 589 g/mol. The molecule has 3 aromatic heterocycles. The fraction of sp³-hybridized carbons (Fsp3) is 0. The number of para-hydroxylation sites is 4. The number of fused-ring (bicyclic) bond motifs is 3. The van der Waals surface area contributed by atoms with Gasteiger partial charge in [-0.3, -0.25) is 14.1 Å². The molecule has 9 rings (SSSR count). The van der Waals surface area contributed by atoms with Crippen LogP contribution in [0.25, 0.3) is 78.2 Å². The summed E-state index contributed by atoms with van der Waals surface area (Å²) in [5, 5.41) is 1.09. The van der Waals surface area contributed by atoms with Gasteiger partial charge in [-0.2, -0.15) is 0 Å². The number of nitrogens with zero attached hydrogens (tertiary/aromatic N) is 5. The molecule has 0 saturated heterocycles. The average Bonchev–Trinajstić information content (AvgIpc) is 3.71. The summed E-state index contributed by atoms with van der Waals surface area (Å²) in [6.07, 6.45) is 1.83. The summed E-state index contributed by atoms with van der Waals surface area (Å²) >= 11 is 0. The Hall–Kier alpha value is -6.33. The zero-order chi connectivity index (χ0) is 30.5. The lowest BCUT2D eigenvalue weighted by Crippen LogP contribution is -1.97. The third kappa shape index (κ3) is 4.37. The van der Waals surface area contributed by atoms with Crippen LogP contribution in [0.4, 0.5) is 0 Å². The zero-order valence-corrected chi connectivity index (χ0v) is 24.8. The molecule has 0 amide bonds. The van der Waals surface area contributed by atoms with Crippen LogP contribution >= 0.6 is 0 Å². The van der Waals surface area contributed by atoms with E-state index in [1.165, 1.54) is 0 Å². The van der Waals surface area contributed by atoms with Gasteiger partial charge in [0.1, 0.15) is 11.6 Å². The van der Waals surface area contributed by atoms with E-state index in [0.717, 1.165) is 78.2 Å². The molecular weight excluding hydrogens is 562 g/mol. The summed E-state index contributed by atoms with van der Waals surface area (Å²) in [7, 11) is 0. The van der Waals surface area contributed by atoms with Crippen molar-refractivity contribution in [1.82, 2.24) is 24.1 Å². The average molecular weight is 590 g/mol. The normalized spacial score (nSPS) is 11.5. The Kier molecular flexibility index (Phi) is 6.06. The molecule has 0 aliphatic rings. The minimum absolute atomic E-state index is 0.902. The van der Waals surface area contributed by atoms with Gasteiger partial charge in [-0.15, -0.1) is 0 Å². The van der Waals surface area contributed by atoms with Crippen LogP contribution in [0, 0.1) is 0 Å². The maximum Gasteiger partial charge on any atom is 0.145 e. The highest BCUT2D eigenvalue weighted by Crippen LogP contribution is 2.34. The van der Waals surface area contributed by atoms with Crippen molar-refractivity contribution >= 4 is 33.0 Å². The Balaban J connectivity index is 1.14. The van der Waals surface area contributed by atoms with E-state index in [4.69, 9.17) is 9.97 Å². The maximum absolute atomic E-state index is 5.22. The van der Waals surface area contributed by atoms with Crippen molar-refractivity contribution in [2.45, 2.75) is 0 Å². The number of pyridine rings is 1. The molecular formula is C41H27N5. The van der Waals surface area contributed by atoms with Gasteiger partial charge in [0, 0.05) is 34.1 Å². The van der Waals surface area contributed by atoms with Gasteiger partial charge in [-0.25, -0.2) is 9.97 Å². The summed E-state index contributed by atoms with van der Waals surface area (Å²) in [4.78, 5) is 14.8. The first-order valence-corrected chi connectivity index (χ1v) is 15.4. The number of imidazole rings is 2. The van der Waals surface area contributed by atoms with E-state index in [1.54, 1.807) is 0 Å². The first kappa shape index (κ1) is 26.1. The highest BCUT2D eigenvalue weighted by molar-refractivity contribution is 5.90. The van der Waals surface area contributed by atoms with Crippen molar-refractivity contribution < 1.29 is 0 Å². The molecule has 5 nitrogen and oxygen atoms in total. The summed E-state index contributed by atoms with van der Waals surface area (Å²) in [5.41, 5.74) is 11.6. The van der Waals surface area contributed by atoms with Gasteiger partial charge in [0.05, 0.1) is 27.6 Å². The first-order chi connectivity index (χ1) is 22.8.